The first kappa shape index (κ1) is 11.2. The highest BCUT2D eigenvalue weighted by Gasteiger charge is 2.08. The van der Waals surface area contributed by atoms with Crippen molar-refractivity contribution in [2.45, 2.75) is 19.9 Å². The Kier molecular flexibility index (Phi) is 4.62. The Labute approximate surface area is 85.3 Å². The van der Waals surface area contributed by atoms with Crippen LogP contribution in [-0.4, -0.2) is 29.3 Å². The zero-order chi connectivity index (χ0) is 10.4. The smallest absolute Gasteiger partial charge is 0.125 e. The minimum atomic E-state index is 0.274. The van der Waals surface area contributed by atoms with E-state index in [4.69, 9.17) is 4.74 Å². The summed E-state index contributed by atoms with van der Waals surface area (Å²) in [5.74, 6) is 1.06. The third-order valence-electron chi connectivity index (χ3n) is 2.15. The summed E-state index contributed by atoms with van der Waals surface area (Å²) < 4.78 is 7.27. The van der Waals surface area contributed by atoms with Crippen molar-refractivity contribution < 1.29 is 4.74 Å². The van der Waals surface area contributed by atoms with Crippen LogP contribution in [0.1, 0.15) is 25.7 Å². The van der Waals surface area contributed by atoms with Crippen LogP contribution in [0.3, 0.4) is 0 Å². The molecule has 14 heavy (non-hydrogen) atoms. The molecule has 1 heterocycles. The third kappa shape index (κ3) is 3.12. The molecule has 1 unspecified atom stereocenters. The quantitative estimate of drug-likeness (QED) is 0.694. The summed E-state index contributed by atoms with van der Waals surface area (Å²) >= 11 is 0. The topological polar surface area (TPSA) is 39.1 Å². The second kappa shape index (κ2) is 5.78. The number of hydrogen-bond donors (Lipinski definition) is 1. The van der Waals surface area contributed by atoms with E-state index in [2.05, 4.69) is 17.2 Å². The normalized spacial score (nSPS) is 13.1. The molecule has 0 aliphatic carbocycles. The van der Waals surface area contributed by atoms with Crippen molar-refractivity contribution in [2.75, 3.05) is 19.8 Å². The number of nitrogens with zero attached hydrogens (tertiary/aromatic N) is 2. The maximum atomic E-state index is 5.24. The van der Waals surface area contributed by atoms with Crippen LogP contribution in [-0.2, 0) is 11.8 Å². The Bertz CT molecular complexity index is 260. The summed E-state index contributed by atoms with van der Waals surface area (Å²) in [5.41, 5.74) is 0. The van der Waals surface area contributed by atoms with E-state index in [-0.39, 0.29) is 6.04 Å². The fraction of sp³-hybridized carbons (Fsp3) is 0.700. The number of aromatic nitrogens is 2. The van der Waals surface area contributed by atoms with Crippen molar-refractivity contribution >= 4 is 0 Å². The van der Waals surface area contributed by atoms with Crippen molar-refractivity contribution in [1.29, 1.82) is 0 Å². The molecule has 1 aromatic rings. The number of rotatable bonds is 6. The number of imidazole rings is 1. The molecule has 0 radical (unpaired) electrons. The Balaban J connectivity index is 2.28. The van der Waals surface area contributed by atoms with E-state index in [1.165, 1.54) is 0 Å². The predicted octanol–water partition coefficient (Wildman–Crippen LogP) is 1.11. The van der Waals surface area contributed by atoms with Crippen molar-refractivity contribution in [3.05, 3.63) is 18.2 Å². The molecule has 4 nitrogen and oxygen atoms in total. The molecule has 80 valence electrons. The Morgan fingerprint density at radius 3 is 3.00 bits per heavy atom. The summed E-state index contributed by atoms with van der Waals surface area (Å²) in [6, 6.07) is 0.274. The molecule has 0 aliphatic heterocycles. The van der Waals surface area contributed by atoms with Crippen LogP contribution in [0.15, 0.2) is 12.4 Å². The lowest BCUT2D eigenvalue weighted by atomic mass is 10.3. The standard InChI is InChI=1S/C10H19N3O/c1-4-14-8-6-11-9(2)10-12-5-7-13(10)3/h5,7,9,11H,4,6,8H2,1-3H3. The summed E-state index contributed by atoms with van der Waals surface area (Å²) in [6.07, 6.45) is 3.77. The molecule has 0 amide bonds. The number of hydrogen-bond acceptors (Lipinski definition) is 3. The first-order valence-corrected chi connectivity index (χ1v) is 5.04. The van der Waals surface area contributed by atoms with Gasteiger partial charge in [0, 0.05) is 32.6 Å². The van der Waals surface area contributed by atoms with Crippen LogP contribution < -0.4 is 5.32 Å². The zero-order valence-electron chi connectivity index (χ0n) is 9.16. The van der Waals surface area contributed by atoms with Gasteiger partial charge in [0.1, 0.15) is 5.82 Å². The molecule has 0 aliphatic rings. The fourth-order valence-electron chi connectivity index (χ4n) is 1.38. The first-order valence-electron chi connectivity index (χ1n) is 5.04. The summed E-state index contributed by atoms with van der Waals surface area (Å²) in [7, 11) is 2.00. The van der Waals surface area contributed by atoms with Crippen LogP contribution in [0.5, 0.6) is 0 Å². The lowest BCUT2D eigenvalue weighted by Crippen LogP contribution is -2.25. The lowest BCUT2D eigenvalue weighted by molar-refractivity contribution is 0.147. The average Bonchev–Trinajstić information content (AvgIpc) is 2.59. The molecule has 1 rings (SSSR count). The van der Waals surface area contributed by atoms with Gasteiger partial charge in [0.05, 0.1) is 12.6 Å². The van der Waals surface area contributed by atoms with Crippen molar-refractivity contribution in [1.82, 2.24) is 14.9 Å². The monoisotopic (exact) mass is 197 g/mol. The molecule has 0 aromatic carbocycles. The molecular formula is C10H19N3O. The van der Waals surface area contributed by atoms with Crippen molar-refractivity contribution in [3.8, 4) is 0 Å². The van der Waals surface area contributed by atoms with Gasteiger partial charge in [0.25, 0.3) is 0 Å². The predicted molar refractivity (Wildman–Crippen MR) is 56.1 cm³/mol. The van der Waals surface area contributed by atoms with Gasteiger partial charge in [-0.3, -0.25) is 0 Å². The van der Waals surface area contributed by atoms with Gasteiger partial charge in [0.15, 0.2) is 0 Å². The molecule has 1 N–H and O–H groups in total. The van der Waals surface area contributed by atoms with Gasteiger partial charge < -0.3 is 14.6 Å². The Hall–Kier alpha value is -0.870. The van der Waals surface area contributed by atoms with Crippen LogP contribution >= 0.6 is 0 Å². The van der Waals surface area contributed by atoms with E-state index >= 15 is 0 Å². The molecular weight excluding hydrogens is 178 g/mol. The van der Waals surface area contributed by atoms with Crippen molar-refractivity contribution in [2.24, 2.45) is 7.05 Å². The van der Waals surface area contributed by atoms with Crippen LogP contribution in [0.4, 0.5) is 0 Å². The second-order valence-corrected chi connectivity index (χ2v) is 3.27. The molecule has 4 heteroatoms. The van der Waals surface area contributed by atoms with E-state index in [1.807, 2.05) is 30.9 Å². The van der Waals surface area contributed by atoms with Gasteiger partial charge in [-0.2, -0.15) is 0 Å². The second-order valence-electron chi connectivity index (χ2n) is 3.27. The highest BCUT2D eigenvalue weighted by Crippen LogP contribution is 2.07. The van der Waals surface area contributed by atoms with Gasteiger partial charge in [-0.25, -0.2) is 4.98 Å². The van der Waals surface area contributed by atoms with E-state index in [9.17, 15) is 0 Å². The highest BCUT2D eigenvalue weighted by molar-refractivity contribution is 4.96. The average molecular weight is 197 g/mol. The molecule has 0 spiro atoms. The molecule has 1 aromatic heterocycles. The van der Waals surface area contributed by atoms with Crippen LogP contribution in [0.25, 0.3) is 0 Å². The highest BCUT2D eigenvalue weighted by atomic mass is 16.5. The Morgan fingerprint density at radius 1 is 1.64 bits per heavy atom. The number of aryl methyl sites for hydroxylation is 1. The third-order valence-corrected chi connectivity index (χ3v) is 2.15. The number of nitrogens with one attached hydrogen (secondary N) is 1. The molecule has 0 saturated carbocycles. The Morgan fingerprint density at radius 2 is 2.43 bits per heavy atom. The van der Waals surface area contributed by atoms with Crippen molar-refractivity contribution in [3.63, 3.8) is 0 Å². The van der Waals surface area contributed by atoms with Crippen LogP contribution in [0.2, 0.25) is 0 Å². The maximum Gasteiger partial charge on any atom is 0.125 e. The van der Waals surface area contributed by atoms with E-state index in [0.29, 0.717) is 0 Å². The zero-order valence-corrected chi connectivity index (χ0v) is 9.16. The van der Waals surface area contributed by atoms with Gasteiger partial charge in [0.2, 0.25) is 0 Å². The summed E-state index contributed by atoms with van der Waals surface area (Å²) in [4.78, 5) is 4.27. The minimum Gasteiger partial charge on any atom is -0.380 e. The minimum absolute atomic E-state index is 0.274. The summed E-state index contributed by atoms with van der Waals surface area (Å²) in [5, 5.41) is 3.35. The van der Waals surface area contributed by atoms with E-state index in [1.54, 1.807) is 0 Å². The fourth-order valence-corrected chi connectivity index (χ4v) is 1.38. The maximum absolute atomic E-state index is 5.24. The van der Waals surface area contributed by atoms with Gasteiger partial charge >= 0.3 is 0 Å². The SMILES string of the molecule is CCOCCNC(C)c1nccn1C. The van der Waals surface area contributed by atoms with Gasteiger partial charge in [-0.15, -0.1) is 0 Å². The first-order chi connectivity index (χ1) is 6.75. The van der Waals surface area contributed by atoms with E-state index in [0.717, 1.165) is 25.6 Å². The van der Waals surface area contributed by atoms with E-state index < -0.39 is 0 Å². The molecule has 0 fully saturated rings. The number of ether oxygens (including phenoxy) is 1. The molecule has 0 saturated heterocycles. The summed E-state index contributed by atoms with van der Waals surface area (Å²) in [6.45, 7) is 6.50. The lowest BCUT2D eigenvalue weighted by Gasteiger charge is -2.13. The van der Waals surface area contributed by atoms with Gasteiger partial charge in [-0.1, -0.05) is 0 Å². The molecule has 0 bridgehead atoms. The molecule has 1 atom stereocenters. The van der Waals surface area contributed by atoms with Crippen LogP contribution in [0, 0.1) is 0 Å². The largest absolute Gasteiger partial charge is 0.380 e. The van der Waals surface area contributed by atoms with Gasteiger partial charge in [-0.05, 0) is 13.8 Å².